The second-order valence-electron chi connectivity index (χ2n) is 4.06. The van der Waals surface area contributed by atoms with Crippen LogP contribution in [0.25, 0.3) is 0 Å². The molecule has 2 aromatic rings. The van der Waals surface area contributed by atoms with Gasteiger partial charge in [-0.25, -0.2) is 0 Å². The first-order chi connectivity index (χ1) is 9.49. The Labute approximate surface area is 123 Å². The van der Waals surface area contributed by atoms with E-state index < -0.39 is 15.7 Å². The van der Waals surface area contributed by atoms with Gasteiger partial charge in [0.2, 0.25) is 0 Å². The van der Waals surface area contributed by atoms with Crippen molar-refractivity contribution >= 4 is 33.8 Å². The van der Waals surface area contributed by atoms with Crippen LogP contribution in [-0.2, 0) is 16.6 Å². The molecule has 20 heavy (non-hydrogen) atoms. The van der Waals surface area contributed by atoms with Gasteiger partial charge in [0.25, 0.3) is 5.69 Å². The standard InChI is InChI=1S/C13H11ClN2O3S/c14-10-6-5-9(11(15)7-10)8-20(19)13-4-2-1-3-12(13)16(17)18/h1-7H,8,15H2. The molecule has 2 rings (SSSR count). The minimum atomic E-state index is -1.55. The molecule has 0 saturated heterocycles. The summed E-state index contributed by atoms with van der Waals surface area (Å²) in [5.41, 5.74) is 6.70. The van der Waals surface area contributed by atoms with Gasteiger partial charge in [-0.1, -0.05) is 29.8 Å². The van der Waals surface area contributed by atoms with Crippen LogP contribution < -0.4 is 5.73 Å². The number of benzene rings is 2. The Morgan fingerprint density at radius 1 is 1.25 bits per heavy atom. The normalized spacial score (nSPS) is 12.1. The number of hydrogen-bond donors (Lipinski definition) is 1. The number of nitrogen functional groups attached to an aromatic ring is 1. The molecule has 7 heteroatoms. The van der Waals surface area contributed by atoms with Gasteiger partial charge < -0.3 is 5.73 Å². The molecule has 0 bridgehead atoms. The summed E-state index contributed by atoms with van der Waals surface area (Å²) in [5.74, 6) is 0.105. The van der Waals surface area contributed by atoms with E-state index in [0.717, 1.165) is 0 Å². The molecule has 0 radical (unpaired) electrons. The molecule has 1 unspecified atom stereocenters. The molecule has 0 heterocycles. The van der Waals surface area contributed by atoms with E-state index in [1.54, 1.807) is 24.3 Å². The van der Waals surface area contributed by atoms with Gasteiger partial charge in [0, 0.05) is 16.8 Å². The Bertz CT molecular complexity index is 691. The van der Waals surface area contributed by atoms with Gasteiger partial charge >= 0.3 is 0 Å². The molecule has 0 fully saturated rings. The van der Waals surface area contributed by atoms with Crippen LogP contribution in [0.1, 0.15) is 5.56 Å². The predicted molar refractivity (Wildman–Crippen MR) is 79.1 cm³/mol. The maximum atomic E-state index is 12.3. The summed E-state index contributed by atoms with van der Waals surface area (Å²) in [7, 11) is -1.55. The van der Waals surface area contributed by atoms with Gasteiger partial charge in [-0.2, -0.15) is 0 Å². The van der Waals surface area contributed by atoms with Crippen LogP contribution in [0.15, 0.2) is 47.4 Å². The maximum Gasteiger partial charge on any atom is 0.285 e. The minimum Gasteiger partial charge on any atom is -0.398 e. The Morgan fingerprint density at radius 3 is 2.60 bits per heavy atom. The molecule has 0 aliphatic carbocycles. The first-order valence-corrected chi connectivity index (χ1v) is 7.34. The van der Waals surface area contributed by atoms with Crippen molar-refractivity contribution in [1.29, 1.82) is 0 Å². The van der Waals surface area contributed by atoms with E-state index >= 15 is 0 Å². The molecule has 0 spiro atoms. The highest BCUT2D eigenvalue weighted by Crippen LogP contribution is 2.26. The van der Waals surface area contributed by atoms with E-state index in [2.05, 4.69) is 0 Å². The lowest BCUT2D eigenvalue weighted by Crippen LogP contribution is -2.03. The molecule has 2 aromatic carbocycles. The average molecular weight is 311 g/mol. The van der Waals surface area contributed by atoms with Gasteiger partial charge in [0.1, 0.15) is 4.90 Å². The SMILES string of the molecule is Nc1cc(Cl)ccc1CS(=O)c1ccccc1[N+](=O)[O-]. The fraction of sp³-hybridized carbons (Fsp3) is 0.0769. The molecular formula is C13H11ClN2O3S. The van der Waals surface area contributed by atoms with Crippen LogP contribution in [0.5, 0.6) is 0 Å². The molecule has 0 saturated carbocycles. The number of hydrogen-bond acceptors (Lipinski definition) is 4. The highest BCUT2D eigenvalue weighted by Gasteiger charge is 2.18. The van der Waals surface area contributed by atoms with Crippen molar-refractivity contribution in [3.63, 3.8) is 0 Å². The summed E-state index contributed by atoms with van der Waals surface area (Å²) in [4.78, 5) is 10.6. The monoisotopic (exact) mass is 310 g/mol. The quantitative estimate of drug-likeness (QED) is 0.534. The molecule has 0 amide bonds. The fourth-order valence-corrected chi connectivity index (χ4v) is 3.20. The zero-order valence-electron chi connectivity index (χ0n) is 10.3. The van der Waals surface area contributed by atoms with Crippen LogP contribution in [-0.4, -0.2) is 9.13 Å². The van der Waals surface area contributed by atoms with Gasteiger partial charge in [0.05, 0.1) is 21.5 Å². The topological polar surface area (TPSA) is 86.2 Å². The second kappa shape index (κ2) is 6.02. The number of nitro benzene ring substituents is 1. The van der Waals surface area contributed by atoms with Crippen LogP contribution >= 0.6 is 11.6 Å². The number of para-hydroxylation sites is 1. The Morgan fingerprint density at radius 2 is 1.95 bits per heavy atom. The van der Waals surface area contributed by atoms with E-state index in [9.17, 15) is 14.3 Å². The lowest BCUT2D eigenvalue weighted by molar-refractivity contribution is -0.387. The van der Waals surface area contributed by atoms with E-state index in [0.29, 0.717) is 16.3 Å². The van der Waals surface area contributed by atoms with Crippen molar-refractivity contribution in [2.45, 2.75) is 10.6 Å². The maximum absolute atomic E-state index is 12.3. The predicted octanol–water partition coefficient (Wildman–Crippen LogP) is 3.14. The lowest BCUT2D eigenvalue weighted by Gasteiger charge is -2.06. The van der Waals surface area contributed by atoms with Crippen LogP contribution in [0.2, 0.25) is 5.02 Å². The van der Waals surface area contributed by atoms with Crippen molar-refractivity contribution in [2.24, 2.45) is 0 Å². The highest BCUT2D eigenvalue weighted by molar-refractivity contribution is 7.84. The Kier molecular flexibility index (Phi) is 4.36. The summed E-state index contributed by atoms with van der Waals surface area (Å²) in [6.07, 6.45) is 0. The Hall–Kier alpha value is -1.92. The van der Waals surface area contributed by atoms with Crippen LogP contribution in [0.3, 0.4) is 0 Å². The summed E-state index contributed by atoms with van der Waals surface area (Å²) in [6.45, 7) is 0. The summed E-state index contributed by atoms with van der Waals surface area (Å²) < 4.78 is 12.3. The van der Waals surface area contributed by atoms with E-state index in [1.807, 2.05) is 0 Å². The molecule has 0 aromatic heterocycles. The second-order valence-corrected chi connectivity index (χ2v) is 5.91. The van der Waals surface area contributed by atoms with Crippen molar-refractivity contribution in [1.82, 2.24) is 0 Å². The molecule has 0 aliphatic rings. The van der Waals surface area contributed by atoms with Gasteiger partial charge in [-0.05, 0) is 23.8 Å². The average Bonchev–Trinajstić information content (AvgIpc) is 2.41. The molecule has 0 aliphatic heterocycles. The largest absolute Gasteiger partial charge is 0.398 e. The first-order valence-electron chi connectivity index (χ1n) is 5.64. The van der Waals surface area contributed by atoms with Crippen molar-refractivity contribution < 1.29 is 9.13 Å². The highest BCUT2D eigenvalue weighted by atomic mass is 35.5. The van der Waals surface area contributed by atoms with Crippen molar-refractivity contribution in [3.8, 4) is 0 Å². The third kappa shape index (κ3) is 3.15. The van der Waals surface area contributed by atoms with Gasteiger partial charge in [0.15, 0.2) is 0 Å². The summed E-state index contributed by atoms with van der Waals surface area (Å²) in [6, 6.07) is 10.8. The smallest absolute Gasteiger partial charge is 0.285 e. The number of rotatable bonds is 4. The summed E-state index contributed by atoms with van der Waals surface area (Å²) >= 11 is 5.79. The van der Waals surface area contributed by atoms with E-state index in [1.165, 1.54) is 18.2 Å². The number of nitro groups is 1. The number of anilines is 1. The fourth-order valence-electron chi connectivity index (χ4n) is 1.72. The number of halogens is 1. The zero-order chi connectivity index (χ0) is 14.7. The van der Waals surface area contributed by atoms with E-state index in [-0.39, 0.29) is 16.3 Å². The number of nitrogens with two attached hydrogens (primary N) is 1. The summed E-state index contributed by atoms with van der Waals surface area (Å²) in [5, 5.41) is 11.4. The lowest BCUT2D eigenvalue weighted by atomic mass is 10.2. The molecule has 2 N–H and O–H groups in total. The van der Waals surface area contributed by atoms with E-state index in [4.69, 9.17) is 17.3 Å². The van der Waals surface area contributed by atoms with Gasteiger partial charge in [-0.15, -0.1) is 0 Å². The molecule has 5 nitrogen and oxygen atoms in total. The molecule has 104 valence electrons. The molecule has 1 atom stereocenters. The van der Waals surface area contributed by atoms with Crippen molar-refractivity contribution in [3.05, 3.63) is 63.2 Å². The van der Waals surface area contributed by atoms with Crippen molar-refractivity contribution in [2.75, 3.05) is 5.73 Å². The van der Waals surface area contributed by atoms with Gasteiger partial charge in [-0.3, -0.25) is 14.3 Å². The first kappa shape index (κ1) is 14.5. The van der Waals surface area contributed by atoms with Crippen LogP contribution in [0, 0.1) is 10.1 Å². The third-order valence-corrected chi connectivity index (χ3v) is 4.35. The van der Waals surface area contributed by atoms with Crippen LogP contribution in [0.4, 0.5) is 11.4 Å². The third-order valence-electron chi connectivity index (χ3n) is 2.70. The number of nitrogens with zero attached hydrogens (tertiary/aromatic N) is 1. The minimum absolute atomic E-state index is 0.105. The Balaban J connectivity index is 2.31. The molecular weight excluding hydrogens is 300 g/mol. The zero-order valence-corrected chi connectivity index (χ0v) is 11.9.